The molecule has 0 bridgehead atoms. The highest BCUT2D eigenvalue weighted by molar-refractivity contribution is 5.79. The van der Waals surface area contributed by atoms with Gasteiger partial charge in [0, 0.05) is 30.3 Å². The summed E-state index contributed by atoms with van der Waals surface area (Å²) >= 11 is 0. The Bertz CT molecular complexity index is 1150. The highest BCUT2D eigenvalue weighted by Gasteiger charge is 2.29. The Labute approximate surface area is 189 Å². The van der Waals surface area contributed by atoms with Crippen molar-refractivity contribution in [2.45, 2.75) is 25.0 Å². The van der Waals surface area contributed by atoms with Crippen molar-refractivity contribution in [3.63, 3.8) is 0 Å². The molecular formula is C24H23N3O6. The van der Waals surface area contributed by atoms with Crippen LogP contribution in [-0.4, -0.2) is 45.5 Å². The number of carbonyl (C=O) groups is 1. The summed E-state index contributed by atoms with van der Waals surface area (Å²) in [5, 5.41) is 34.0. The van der Waals surface area contributed by atoms with E-state index in [1.807, 2.05) is 48.5 Å². The minimum Gasteiger partial charge on any atom is -0.449 e. The first-order valence-corrected chi connectivity index (χ1v) is 10.4. The van der Waals surface area contributed by atoms with Gasteiger partial charge >= 0.3 is 6.09 Å². The van der Waals surface area contributed by atoms with Gasteiger partial charge in [0.15, 0.2) is 0 Å². The van der Waals surface area contributed by atoms with Crippen LogP contribution in [0, 0.1) is 17.0 Å². The average Bonchev–Trinajstić information content (AvgIpc) is 3.14. The van der Waals surface area contributed by atoms with E-state index in [1.165, 1.54) is 13.1 Å². The Morgan fingerprint density at radius 1 is 1.15 bits per heavy atom. The normalized spacial score (nSPS) is 14.2. The van der Waals surface area contributed by atoms with Crippen LogP contribution in [0.2, 0.25) is 0 Å². The Kier molecular flexibility index (Phi) is 6.34. The molecule has 0 aliphatic heterocycles. The minimum atomic E-state index is -1.47. The molecule has 0 saturated heterocycles. The predicted octanol–water partition coefficient (Wildman–Crippen LogP) is 3.23. The van der Waals surface area contributed by atoms with Gasteiger partial charge in [-0.05, 0) is 29.2 Å². The van der Waals surface area contributed by atoms with Crippen LogP contribution in [0.3, 0.4) is 0 Å². The first-order chi connectivity index (χ1) is 15.9. The number of nitrogens with one attached hydrogen (secondary N) is 1. The van der Waals surface area contributed by atoms with Crippen molar-refractivity contribution < 1.29 is 24.7 Å². The van der Waals surface area contributed by atoms with Gasteiger partial charge in [-0.15, -0.1) is 0 Å². The number of hydrogen-bond donors (Lipinski definition) is 3. The van der Waals surface area contributed by atoms with Gasteiger partial charge in [0.05, 0.1) is 4.92 Å². The summed E-state index contributed by atoms with van der Waals surface area (Å²) in [7, 11) is 0. The number of rotatable bonds is 7. The number of aliphatic hydroxyl groups excluding tert-OH is 2. The molecule has 9 heteroatoms. The standard InChI is InChI=1S/C24H23N3O6/c1-14-21(27(31)32)10-15(11-25-14)23(29)22(28)12-26-24(30)33-13-20-18-8-4-2-6-16(18)17-7-3-5-9-19(17)20/h2-11,20,22-23,28-29H,12-13H2,1H3,(H,26,30). The van der Waals surface area contributed by atoms with Crippen molar-refractivity contribution in [3.05, 3.63) is 93.3 Å². The van der Waals surface area contributed by atoms with Crippen LogP contribution in [-0.2, 0) is 4.74 Å². The number of alkyl carbamates (subject to hydrolysis) is 1. The van der Waals surface area contributed by atoms with Gasteiger partial charge in [0.1, 0.15) is 24.5 Å². The number of hydrogen-bond acceptors (Lipinski definition) is 7. The lowest BCUT2D eigenvalue weighted by Gasteiger charge is -2.19. The molecule has 2 unspecified atom stereocenters. The van der Waals surface area contributed by atoms with E-state index in [-0.39, 0.29) is 36.0 Å². The molecule has 9 nitrogen and oxygen atoms in total. The predicted molar refractivity (Wildman–Crippen MR) is 120 cm³/mol. The molecule has 0 spiro atoms. The number of ether oxygens (including phenoxy) is 1. The maximum Gasteiger partial charge on any atom is 0.407 e. The zero-order chi connectivity index (χ0) is 23.5. The molecule has 1 aromatic heterocycles. The highest BCUT2D eigenvalue weighted by Crippen LogP contribution is 2.44. The second-order valence-corrected chi connectivity index (χ2v) is 7.85. The lowest BCUT2D eigenvalue weighted by Crippen LogP contribution is -2.36. The molecule has 3 N–H and O–H groups in total. The highest BCUT2D eigenvalue weighted by atomic mass is 16.6. The van der Waals surface area contributed by atoms with Crippen LogP contribution >= 0.6 is 0 Å². The molecule has 0 saturated carbocycles. The van der Waals surface area contributed by atoms with Crippen LogP contribution in [0.4, 0.5) is 10.5 Å². The average molecular weight is 449 g/mol. The summed E-state index contributed by atoms with van der Waals surface area (Å²) in [6.07, 6.45) is -2.36. The quantitative estimate of drug-likeness (QED) is 0.372. The monoisotopic (exact) mass is 449 g/mol. The number of benzene rings is 2. The number of amides is 1. The van der Waals surface area contributed by atoms with E-state index in [2.05, 4.69) is 10.3 Å². The number of carbonyl (C=O) groups excluding carboxylic acids is 1. The number of aryl methyl sites for hydroxylation is 1. The van der Waals surface area contributed by atoms with Crippen LogP contribution in [0.1, 0.15) is 34.4 Å². The smallest absolute Gasteiger partial charge is 0.407 e. The summed E-state index contributed by atoms with van der Waals surface area (Å²) in [4.78, 5) is 26.6. The van der Waals surface area contributed by atoms with E-state index in [9.17, 15) is 25.1 Å². The molecule has 2 atom stereocenters. The maximum absolute atomic E-state index is 12.2. The number of fused-ring (bicyclic) bond motifs is 3. The molecule has 1 aliphatic rings. The zero-order valence-electron chi connectivity index (χ0n) is 17.8. The minimum absolute atomic E-state index is 0.0779. The fraction of sp³-hybridized carbons (Fsp3) is 0.250. The van der Waals surface area contributed by atoms with Gasteiger partial charge in [0.25, 0.3) is 5.69 Å². The van der Waals surface area contributed by atoms with Crippen molar-refractivity contribution in [2.75, 3.05) is 13.2 Å². The van der Waals surface area contributed by atoms with Crippen molar-refractivity contribution >= 4 is 11.8 Å². The van der Waals surface area contributed by atoms with E-state index in [0.717, 1.165) is 28.3 Å². The largest absolute Gasteiger partial charge is 0.449 e. The van der Waals surface area contributed by atoms with Gasteiger partial charge in [0.2, 0.25) is 0 Å². The number of aliphatic hydroxyl groups is 2. The topological polar surface area (TPSA) is 135 Å². The molecule has 170 valence electrons. The number of nitro groups is 1. The number of nitrogens with zero attached hydrogens (tertiary/aromatic N) is 2. The molecule has 33 heavy (non-hydrogen) atoms. The first kappa shape index (κ1) is 22.4. The van der Waals surface area contributed by atoms with Crippen molar-refractivity contribution in [1.82, 2.24) is 10.3 Å². The second kappa shape index (κ2) is 9.35. The SMILES string of the molecule is Cc1ncc(C(O)C(O)CNC(=O)OCC2c3ccccc3-c3ccccc32)cc1[N+](=O)[O-]. The van der Waals surface area contributed by atoms with Gasteiger partial charge in [-0.3, -0.25) is 15.1 Å². The summed E-state index contributed by atoms with van der Waals surface area (Å²) in [5.41, 5.74) is 4.40. The molecule has 4 rings (SSSR count). The third-order valence-electron chi connectivity index (χ3n) is 5.78. The third kappa shape index (κ3) is 4.55. The molecule has 3 aromatic rings. The van der Waals surface area contributed by atoms with Gasteiger partial charge < -0.3 is 20.3 Å². The Hall–Kier alpha value is -3.82. The third-order valence-corrected chi connectivity index (χ3v) is 5.78. The first-order valence-electron chi connectivity index (χ1n) is 10.4. The van der Waals surface area contributed by atoms with E-state index in [0.29, 0.717) is 0 Å². The van der Waals surface area contributed by atoms with Crippen LogP contribution in [0.25, 0.3) is 11.1 Å². The number of aromatic nitrogens is 1. The molecule has 2 aromatic carbocycles. The summed E-state index contributed by atoms with van der Waals surface area (Å²) < 4.78 is 5.40. The van der Waals surface area contributed by atoms with Gasteiger partial charge in [-0.1, -0.05) is 48.5 Å². The van der Waals surface area contributed by atoms with Crippen molar-refractivity contribution in [3.8, 4) is 11.1 Å². The van der Waals surface area contributed by atoms with E-state index >= 15 is 0 Å². The van der Waals surface area contributed by atoms with Crippen LogP contribution in [0.5, 0.6) is 0 Å². The molecule has 1 amide bonds. The fourth-order valence-electron chi connectivity index (χ4n) is 4.05. The molecular weight excluding hydrogens is 426 g/mol. The van der Waals surface area contributed by atoms with Crippen LogP contribution < -0.4 is 5.32 Å². The Morgan fingerprint density at radius 3 is 2.36 bits per heavy atom. The second-order valence-electron chi connectivity index (χ2n) is 7.85. The number of pyridine rings is 1. The van der Waals surface area contributed by atoms with Gasteiger partial charge in [-0.25, -0.2) is 4.79 Å². The fourth-order valence-corrected chi connectivity index (χ4v) is 4.05. The summed E-state index contributed by atoms with van der Waals surface area (Å²) in [6, 6.07) is 17.1. The van der Waals surface area contributed by atoms with Crippen LogP contribution in [0.15, 0.2) is 60.8 Å². The molecule has 1 aliphatic carbocycles. The lowest BCUT2D eigenvalue weighted by atomic mass is 9.98. The zero-order valence-corrected chi connectivity index (χ0v) is 17.8. The molecule has 0 fully saturated rings. The van der Waals surface area contributed by atoms with E-state index in [1.54, 1.807) is 0 Å². The summed E-state index contributed by atoms with van der Waals surface area (Å²) in [5.74, 6) is -0.0992. The lowest BCUT2D eigenvalue weighted by molar-refractivity contribution is -0.385. The van der Waals surface area contributed by atoms with Crippen molar-refractivity contribution in [1.29, 1.82) is 0 Å². The maximum atomic E-state index is 12.2. The van der Waals surface area contributed by atoms with Gasteiger partial charge in [-0.2, -0.15) is 0 Å². The van der Waals surface area contributed by atoms with E-state index in [4.69, 9.17) is 4.74 Å². The van der Waals surface area contributed by atoms with E-state index < -0.39 is 23.2 Å². The Balaban J connectivity index is 1.35. The molecule has 1 heterocycles. The van der Waals surface area contributed by atoms with Crippen molar-refractivity contribution in [2.24, 2.45) is 0 Å². The molecule has 0 radical (unpaired) electrons. The Morgan fingerprint density at radius 2 is 1.76 bits per heavy atom. The summed E-state index contributed by atoms with van der Waals surface area (Å²) in [6.45, 7) is 1.29.